The fourth-order valence-electron chi connectivity index (χ4n) is 9.84. The summed E-state index contributed by atoms with van der Waals surface area (Å²) in [6.07, 6.45) is 11.9. The summed E-state index contributed by atoms with van der Waals surface area (Å²) in [5.74, 6) is 3.84. The highest BCUT2D eigenvalue weighted by Gasteiger charge is 2.75. The van der Waals surface area contributed by atoms with E-state index in [4.69, 9.17) is 16.9 Å². The molecule has 0 unspecified atom stereocenters. The van der Waals surface area contributed by atoms with Gasteiger partial charge in [-0.05, 0) is 105 Å². The van der Waals surface area contributed by atoms with Gasteiger partial charge in [-0.15, -0.1) is 0 Å². The molecule has 6 aliphatic carbocycles. The zero-order valence-electron chi connectivity index (χ0n) is 19.2. The summed E-state index contributed by atoms with van der Waals surface area (Å²) in [7, 11) is 0. The minimum Gasteiger partial charge on any atom is -0.390 e. The maximum atomic E-state index is 13.6. The molecule has 6 fully saturated rings. The summed E-state index contributed by atoms with van der Waals surface area (Å²) >= 11 is 6.28. The van der Waals surface area contributed by atoms with Gasteiger partial charge in [-0.25, -0.2) is 4.68 Å². The van der Waals surface area contributed by atoms with Crippen LogP contribution in [0.3, 0.4) is 0 Å². The zero-order chi connectivity index (χ0) is 22.5. The Morgan fingerprint density at radius 1 is 1.19 bits per heavy atom. The molecular weight excluding hydrogens is 422 g/mol. The van der Waals surface area contributed by atoms with E-state index in [0.717, 1.165) is 37.0 Å². The molecule has 6 saturated carbocycles. The lowest BCUT2D eigenvalue weighted by Crippen LogP contribution is -2.56. The molecule has 1 spiro atoms. The normalized spacial score (nSPS) is 48.7. The van der Waals surface area contributed by atoms with Gasteiger partial charge in [-0.3, -0.25) is 4.79 Å². The number of hydrogen-bond donors (Lipinski definition) is 1. The molecule has 5 nitrogen and oxygen atoms in total. The number of halogens is 1. The lowest BCUT2D eigenvalue weighted by Gasteiger charge is -2.63. The van der Waals surface area contributed by atoms with Crippen molar-refractivity contribution in [1.29, 1.82) is 5.26 Å². The molecule has 7 rings (SSSR count). The molecule has 0 aromatic carbocycles. The molecule has 0 saturated heterocycles. The van der Waals surface area contributed by atoms with E-state index >= 15 is 0 Å². The Morgan fingerprint density at radius 2 is 1.94 bits per heavy atom. The molecule has 1 aromatic heterocycles. The van der Waals surface area contributed by atoms with Gasteiger partial charge in [0.15, 0.2) is 5.78 Å². The highest BCUT2D eigenvalue weighted by molar-refractivity contribution is 6.30. The van der Waals surface area contributed by atoms with Crippen molar-refractivity contribution in [3.05, 3.63) is 16.9 Å². The molecule has 6 heteroatoms. The Bertz CT molecular complexity index is 1000. The van der Waals surface area contributed by atoms with Crippen LogP contribution in [0.2, 0.25) is 5.15 Å². The standard InChI is InChI=1S/C26H34ClN3O2/c1-24(32)7-5-18-15(9-24)3-4-20-19(18)6-8-25(2)22(16-10-26(20,25)11-16)21(31)14-30-23(27)17(12-28)13-29-30/h13,15-16,18-20,22,32H,3-11,14H2,1-2H3/t15-,16?,18+,19-,20-,22-,24-,25-,26?/m1/s1. The van der Waals surface area contributed by atoms with Gasteiger partial charge in [0.2, 0.25) is 0 Å². The summed E-state index contributed by atoms with van der Waals surface area (Å²) < 4.78 is 1.51. The maximum Gasteiger partial charge on any atom is 0.158 e. The van der Waals surface area contributed by atoms with Crippen molar-refractivity contribution in [2.45, 2.75) is 83.8 Å². The van der Waals surface area contributed by atoms with Gasteiger partial charge in [-0.1, -0.05) is 18.5 Å². The number of ketones is 1. The summed E-state index contributed by atoms with van der Waals surface area (Å²) in [6, 6.07) is 2.04. The third-order valence-electron chi connectivity index (χ3n) is 11.0. The van der Waals surface area contributed by atoms with E-state index in [1.807, 2.05) is 13.0 Å². The maximum absolute atomic E-state index is 13.6. The smallest absolute Gasteiger partial charge is 0.158 e. The van der Waals surface area contributed by atoms with E-state index in [0.29, 0.717) is 22.8 Å². The van der Waals surface area contributed by atoms with Gasteiger partial charge in [0, 0.05) is 5.92 Å². The van der Waals surface area contributed by atoms with Crippen LogP contribution in [0.1, 0.15) is 77.2 Å². The van der Waals surface area contributed by atoms with Gasteiger partial charge >= 0.3 is 0 Å². The SMILES string of the molecule is C[C@@]1(O)CC[C@H]2[C@H](CC[C@@H]3[C@@H]2CC[C@]2(C)[C@@H](C(=O)Cn4ncc(C#N)c4Cl)C4CC32C4)C1. The van der Waals surface area contributed by atoms with E-state index in [2.05, 4.69) is 12.0 Å². The molecule has 172 valence electrons. The number of hydrogen-bond acceptors (Lipinski definition) is 4. The first-order valence-corrected chi connectivity index (χ1v) is 12.9. The number of Topliss-reactive ketones (excluding diaryl/α,β-unsaturated/α-hetero) is 1. The number of rotatable bonds is 3. The molecule has 1 N–H and O–H groups in total. The zero-order valence-corrected chi connectivity index (χ0v) is 19.9. The Balaban J connectivity index is 1.24. The first-order valence-electron chi connectivity index (χ1n) is 12.6. The first kappa shape index (κ1) is 21.2. The Labute approximate surface area is 195 Å². The van der Waals surface area contributed by atoms with Crippen LogP contribution in [0.25, 0.3) is 0 Å². The molecule has 0 radical (unpaired) electrons. The van der Waals surface area contributed by atoms with Crippen LogP contribution < -0.4 is 0 Å². The van der Waals surface area contributed by atoms with Crippen molar-refractivity contribution in [2.24, 2.45) is 46.3 Å². The topological polar surface area (TPSA) is 78.9 Å². The van der Waals surface area contributed by atoms with E-state index < -0.39 is 5.60 Å². The van der Waals surface area contributed by atoms with E-state index in [9.17, 15) is 9.90 Å². The molecule has 2 bridgehead atoms. The largest absolute Gasteiger partial charge is 0.390 e. The van der Waals surface area contributed by atoms with Crippen LogP contribution in [0, 0.1) is 57.7 Å². The lowest BCUT2D eigenvalue weighted by molar-refractivity contribution is -0.155. The molecule has 0 aliphatic heterocycles. The number of nitrogens with zero attached hydrogens (tertiary/aromatic N) is 3. The summed E-state index contributed by atoms with van der Waals surface area (Å²) in [5, 5.41) is 24.3. The number of fused-ring (bicyclic) bond motifs is 3. The number of carbonyl (C=O) groups is 1. The van der Waals surface area contributed by atoms with Crippen LogP contribution in [-0.2, 0) is 11.3 Å². The second kappa shape index (κ2) is 6.83. The summed E-state index contributed by atoms with van der Waals surface area (Å²) in [4.78, 5) is 13.6. The van der Waals surface area contributed by atoms with Gasteiger partial charge in [0.25, 0.3) is 0 Å². The van der Waals surface area contributed by atoms with Crippen molar-refractivity contribution >= 4 is 17.4 Å². The van der Waals surface area contributed by atoms with E-state index in [-0.39, 0.29) is 28.8 Å². The minimum absolute atomic E-state index is 0.0839. The van der Waals surface area contributed by atoms with Crippen molar-refractivity contribution < 1.29 is 9.90 Å². The van der Waals surface area contributed by atoms with Gasteiger partial charge in [-0.2, -0.15) is 10.4 Å². The highest BCUT2D eigenvalue weighted by atomic mass is 35.5. The lowest BCUT2D eigenvalue weighted by atomic mass is 9.42. The number of carbonyl (C=O) groups excluding carboxylic acids is 1. The van der Waals surface area contributed by atoms with Gasteiger partial charge in [0.1, 0.15) is 23.3 Å². The number of nitriles is 1. The molecule has 7 atom stereocenters. The average molecular weight is 456 g/mol. The third-order valence-corrected chi connectivity index (χ3v) is 11.4. The second-order valence-corrected chi connectivity index (χ2v) is 12.7. The Hall–Kier alpha value is -1.38. The van der Waals surface area contributed by atoms with E-state index in [1.54, 1.807) is 0 Å². The predicted molar refractivity (Wildman–Crippen MR) is 121 cm³/mol. The van der Waals surface area contributed by atoms with Crippen LogP contribution in [-0.4, -0.2) is 26.3 Å². The predicted octanol–water partition coefficient (Wildman–Crippen LogP) is 5.00. The minimum atomic E-state index is -0.471. The van der Waals surface area contributed by atoms with Crippen LogP contribution in [0.5, 0.6) is 0 Å². The van der Waals surface area contributed by atoms with E-state index in [1.165, 1.54) is 49.4 Å². The molecule has 32 heavy (non-hydrogen) atoms. The van der Waals surface area contributed by atoms with Gasteiger partial charge in [0.05, 0.1) is 11.8 Å². The quantitative estimate of drug-likeness (QED) is 0.695. The fraction of sp³-hybridized carbons (Fsp3) is 0.808. The summed E-state index contributed by atoms with van der Waals surface area (Å²) in [6.45, 7) is 4.63. The molecular formula is C26H34ClN3O2. The van der Waals surface area contributed by atoms with Crippen molar-refractivity contribution in [1.82, 2.24) is 9.78 Å². The average Bonchev–Trinajstić information content (AvgIpc) is 3.29. The molecule has 0 amide bonds. The molecule has 6 aliphatic rings. The van der Waals surface area contributed by atoms with Crippen LogP contribution in [0.15, 0.2) is 6.20 Å². The summed E-state index contributed by atoms with van der Waals surface area (Å²) in [5.41, 5.74) is 0.279. The Kier molecular flexibility index (Phi) is 4.52. The van der Waals surface area contributed by atoms with Crippen LogP contribution >= 0.6 is 11.6 Å². The van der Waals surface area contributed by atoms with Crippen molar-refractivity contribution in [3.63, 3.8) is 0 Å². The Morgan fingerprint density at radius 3 is 2.66 bits per heavy atom. The first-order chi connectivity index (χ1) is 15.2. The molecule has 1 aromatic rings. The molecule has 1 heterocycles. The second-order valence-electron chi connectivity index (χ2n) is 12.4. The van der Waals surface area contributed by atoms with Crippen molar-refractivity contribution in [2.75, 3.05) is 0 Å². The fourth-order valence-corrected chi connectivity index (χ4v) is 10.0. The van der Waals surface area contributed by atoms with Crippen molar-refractivity contribution in [3.8, 4) is 6.07 Å². The number of aromatic nitrogens is 2. The number of aliphatic hydroxyl groups is 1. The third kappa shape index (κ3) is 2.66. The monoisotopic (exact) mass is 455 g/mol. The highest BCUT2D eigenvalue weighted by Crippen LogP contribution is 2.80. The van der Waals surface area contributed by atoms with Crippen LogP contribution in [0.4, 0.5) is 0 Å². The van der Waals surface area contributed by atoms with Gasteiger partial charge < -0.3 is 5.11 Å².